The molecular formula is C23H30N6O3. The number of amides is 2. The molecule has 3 atom stereocenters. The number of nitrogens with one attached hydrogen (secondary N) is 3. The van der Waals surface area contributed by atoms with Gasteiger partial charge in [-0.1, -0.05) is 30.3 Å². The van der Waals surface area contributed by atoms with Gasteiger partial charge in [0.05, 0.1) is 34.8 Å². The molecule has 1 aliphatic heterocycles. The fourth-order valence-corrected chi connectivity index (χ4v) is 4.16. The molecule has 0 spiro atoms. The van der Waals surface area contributed by atoms with Gasteiger partial charge in [-0.3, -0.25) is 10.4 Å². The topological polar surface area (TPSA) is 115 Å². The van der Waals surface area contributed by atoms with Crippen molar-refractivity contribution >= 4 is 28.6 Å². The lowest BCUT2D eigenvalue weighted by Gasteiger charge is -2.35. The Kier molecular flexibility index (Phi) is 6.03. The molecular weight excluding hydrogens is 408 g/mol. The Balaban J connectivity index is 1.49. The van der Waals surface area contributed by atoms with E-state index in [0.29, 0.717) is 5.82 Å². The van der Waals surface area contributed by atoms with Crippen molar-refractivity contribution in [3.63, 3.8) is 0 Å². The molecule has 2 aromatic heterocycles. The van der Waals surface area contributed by atoms with E-state index in [2.05, 4.69) is 30.7 Å². The molecule has 1 aliphatic rings. The van der Waals surface area contributed by atoms with Crippen LogP contribution < -0.4 is 15.5 Å². The summed E-state index contributed by atoms with van der Waals surface area (Å²) in [5.74, 6) is 1.22. The maximum absolute atomic E-state index is 12.7. The predicted octanol–water partition coefficient (Wildman–Crippen LogP) is 3.21. The maximum Gasteiger partial charge on any atom is 0.320 e. The number of aromatic nitrogens is 3. The third kappa shape index (κ3) is 4.84. The van der Waals surface area contributed by atoms with Crippen LogP contribution in [0.4, 0.5) is 16.4 Å². The zero-order valence-corrected chi connectivity index (χ0v) is 18.8. The first-order valence-electron chi connectivity index (χ1n) is 10.8. The fraction of sp³-hybridized carbons (Fsp3) is 0.435. The van der Waals surface area contributed by atoms with Gasteiger partial charge in [0.1, 0.15) is 5.82 Å². The number of rotatable bonds is 5. The highest BCUT2D eigenvalue weighted by molar-refractivity contribution is 5.94. The van der Waals surface area contributed by atoms with Crippen LogP contribution in [0.1, 0.15) is 39.3 Å². The third-order valence-electron chi connectivity index (χ3n) is 5.50. The van der Waals surface area contributed by atoms with Crippen LogP contribution in [0, 0.1) is 0 Å². The van der Waals surface area contributed by atoms with Crippen molar-refractivity contribution < 1.29 is 14.6 Å². The highest BCUT2D eigenvalue weighted by Gasteiger charge is 2.30. The number of nitrogens with zero attached hydrogens (tertiary/aromatic N) is 3. The van der Waals surface area contributed by atoms with E-state index >= 15 is 0 Å². The second-order valence-corrected chi connectivity index (χ2v) is 8.92. The van der Waals surface area contributed by atoms with Gasteiger partial charge in [-0.15, -0.1) is 0 Å². The number of carbonyl (C=O) groups excluding carboxylic acids is 1. The Hall–Kier alpha value is -3.17. The van der Waals surface area contributed by atoms with Crippen molar-refractivity contribution in [3.05, 3.63) is 48.2 Å². The van der Waals surface area contributed by atoms with Crippen molar-refractivity contribution in [1.29, 1.82) is 0 Å². The summed E-state index contributed by atoms with van der Waals surface area (Å²) in [7, 11) is 0. The predicted molar refractivity (Wildman–Crippen MR) is 124 cm³/mol. The second kappa shape index (κ2) is 8.76. The standard InChI is InChI=1S/C23H30N6O3/c1-14-12-29(13-15(2)32-14)21-17-11-24-19(10-18(17)27-28-21)25-22(30)26-20(23(3,4)31)16-8-6-5-7-9-16/h5-11,14-15,20,31H,12-13H2,1-4H3,(H,27,28)(H2,24,25,26,30). The lowest BCUT2D eigenvalue weighted by molar-refractivity contribution is -0.00538. The average molecular weight is 439 g/mol. The zero-order chi connectivity index (χ0) is 22.9. The first kappa shape index (κ1) is 22.0. The minimum absolute atomic E-state index is 0.122. The van der Waals surface area contributed by atoms with Crippen molar-refractivity contribution in [2.24, 2.45) is 0 Å². The van der Waals surface area contributed by atoms with E-state index in [4.69, 9.17) is 4.74 Å². The largest absolute Gasteiger partial charge is 0.388 e. The molecule has 4 rings (SSSR count). The maximum atomic E-state index is 12.7. The molecule has 0 bridgehead atoms. The molecule has 32 heavy (non-hydrogen) atoms. The van der Waals surface area contributed by atoms with Crippen LogP contribution in [0.15, 0.2) is 42.6 Å². The summed E-state index contributed by atoms with van der Waals surface area (Å²) in [6.07, 6.45) is 1.95. The Morgan fingerprint density at radius 3 is 2.59 bits per heavy atom. The minimum atomic E-state index is -1.15. The Morgan fingerprint density at radius 2 is 1.94 bits per heavy atom. The molecule has 1 saturated heterocycles. The molecule has 3 unspecified atom stereocenters. The number of benzene rings is 1. The Labute approximate surface area is 187 Å². The molecule has 0 radical (unpaired) electrons. The lowest BCUT2D eigenvalue weighted by atomic mass is 9.92. The first-order valence-corrected chi connectivity index (χ1v) is 10.8. The van der Waals surface area contributed by atoms with E-state index < -0.39 is 17.7 Å². The molecule has 9 nitrogen and oxygen atoms in total. The smallest absolute Gasteiger partial charge is 0.320 e. The summed E-state index contributed by atoms with van der Waals surface area (Å²) in [5, 5.41) is 24.6. The van der Waals surface area contributed by atoms with Crippen molar-refractivity contribution in [2.75, 3.05) is 23.3 Å². The SMILES string of the molecule is CC1CN(c2n[nH]c3cc(NC(=O)NC(c4ccccc4)C(C)(C)O)ncc23)CC(C)O1. The molecule has 1 aromatic carbocycles. The van der Waals surface area contributed by atoms with E-state index in [9.17, 15) is 9.90 Å². The summed E-state index contributed by atoms with van der Waals surface area (Å²) in [6, 6.07) is 10.1. The van der Waals surface area contributed by atoms with Gasteiger partial charge in [0.25, 0.3) is 0 Å². The lowest BCUT2D eigenvalue weighted by Crippen LogP contribution is -2.45. The highest BCUT2D eigenvalue weighted by atomic mass is 16.5. The fourth-order valence-electron chi connectivity index (χ4n) is 4.16. The number of carbonyl (C=O) groups is 1. The molecule has 0 saturated carbocycles. The van der Waals surface area contributed by atoms with Gasteiger partial charge in [-0.25, -0.2) is 9.78 Å². The number of pyridine rings is 1. The first-order chi connectivity index (χ1) is 15.2. The number of aliphatic hydroxyl groups is 1. The number of fused-ring (bicyclic) bond motifs is 1. The van der Waals surface area contributed by atoms with Crippen molar-refractivity contribution in [1.82, 2.24) is 20.5 Å². The minimum Gasteiger partial charge on any atom is -0.388 e. The molecule has 2 amide bonds. The molecule has 3 heterocycles. The van der Waals surface area contributed by atoms with E-state index in [-0.39, 0.29) is 12.2 Å². The number of urea groups is 1. The Bertz CT molecular complexity index is 1070. The molecule has 9 heteroatoms. The number of hydrogen-bond acceptors (Lipinski definition) is 6. The zero-order valence-electron chi connectivity index (χ0n) is 18.8. The molecule has 0 aliphatic carbocycles. The Morgan fingerprint density at radius 1 is 1.25 bits per heavy atom. The molecule has 3 aromatic rings. The second-order valence-electron chi connectivity index (χ2n) is 8.92. The average Bonchev–Trinajstić information content (AvgIpc) is 3.14. The summed E-state index contributed by atoms with van der Waals surface area (Å²) < 4.78 is 5.81. The number of H-pyrrole nitrogens is 1. The van der Waals surface area contributed by atoms with E-state index in [1.54, 1.807) is 26.1 Å². The van der Waals surface area contributed by atoms with Gasteiger partial charge in [-0.2, -0.15) is 5.10 Å². The van der Waals surface area contributed by atoms with Gasteiger partial charge in [0.2, 0.25) is 0 Å². The highest BCUT2D eigenvalue weighted by Crippen LogP contribution is 2.28. The normalized spacial score (nSPS) is 20.2. The van der Waals surface area contributed by atoms with Gasteiger partial charge in [0, 0.05) is 25.4 Å². The van der Waals surface area contributed by atoms with Crippen molar-refractivity contribution in [3.8, 4) is 0 Å². The quantitative estimate of drug-likeness (QED) is 0.486. The van der Waals surface area contributed by atoms with Crippen LogP contribution in [-0.4, -0.2) is 57.2 Å². The van der Waals surface area contributed by atoms with Crippen molar-refractivity contribution in [2.45, 2.75) is 51.5 Å². The number of aromatic amines is 1. The van der Waals surface area contributed by atoms with E-state index in [0.717, 1.165) is 35.4 Å². The van der Waals surface area contributed by atoms with Crippen LogP contribution in [0.25, 0.3) is 10.9 Å². The summed E-state index contributed by atoms with van der Waals surface area (Å²) in [5.41, 5.74) is 0.436. The van der Waals surface area contributed by atoms with Crippen LogP contribution >= 0.6 is 0 Å². The monoisotopic (exact) mass is 438 g/mol. The molecule has 4 N–H and O–H groups in total. The number of hydrogen-bond donors (Lipinski definition) is 4. The number of ether oxygens (including phenoxy) is 1. The molecule has 170 valence electrons. The van der Waals surface area contributed by atoms with Gasteiger partial charge in [-0.05, 0) is 33.3 Å². The van der Waals surface area contributed by atoms with Crippen LogP contribution in [0.5, 0.6) is 0 Å². The van der Waals surface area contributed by atoms with Crippen LogP contribution in [0.2, 0.25) is 0 Å². The van der Waals surface area contributed by atoms with Crippen LogP contribution in [0.3, 0.4) is 0 Å². The molecule has 1 fully saturated rings. The third-order valence-corrected chi connectivity index (χ3v) is 5.50. The number of anilines is 2. The van der Waals surface area contributed by atoms with Gasteiger partial charge >= 0.3 is 6.03 Å². The summed E-state index contributed by atoms with van der Waals surface area (Å²) in [4.78, 5) is 19.3. The van der Waals surface area contributed by atoms with Gasteiger partial charge in [0.15, 0.2) is 5.82 Å². The van der Waals surface area contributed by atoms with E-state index in [1.165, 1.54) is 0 Å². The summed E-state index contributed by atoms with van der Waals surface area (Å²) >= 11 is 0. The van der Waals surface area contributed by atoms with Gasteiger partial charge < -0.3 is 20.1 Å². The van der Waals surface area contributed by atoms with E-state index in [1.807, 2.05) is 44.2 Å². The number of morpholine rings is 1. The summed E-state index contributed by atoms with van der Waals surface area (Å²) in [6.45, 7) is 8.93. The van der Waals surface area contributed by atoms with Crippen LogP contribution in [-0.2, 0) is 4.74 Å².